The van der Waals surface area contributed by atoms with Crippen LogP contribution in [0, 0.1) is 0 Å². The highest BCUT2D eigenvalue weighted by molar-refractivity contribution is 6.69. The highest BCUT2D eigenvalue weighted by Crippen LogP contribution is 2.17. The molecule has 0 saturated heterocycles. The van der Waals surface area contributed by atoms with Crippen LogP contribution < -0.4 is 0 Å². The van der Waals surface area contributed by atoms with Crippen LogP contribution in [0.4, 0.5) is 0 Å². The van der Waals surface area contributed by atoms with Gasteiger partial charge in [-0.3, -0.25) is 4.79 Å². The number of esters is 1. The van der Waals surface area contributed by atoms with Crippen molar-refractivity contribution in [3.05, 3.63) is 0 Å². The number of hydrogen-bond acceptors (Lipinski definition) is 4. The predicted molar refractivity (Wildman–Crippen MR) is 74.0 cm³/mol. The van der Waals surface area contributed by atoms with Crippen molar-refractivity contribution >= 4 is 20.6 Å². The maximum Gasteiger partial charge on any atom is 0.308 e. The second-order valence-electron chi connectivity index (χ2n) is 6.39. The van der Waals surface area contributed by atoms with Gasteiger partial charge in [0.05, 0.1) is 12.5 Å². The molecule has 1 atom stereocenters. The maximum absolute atomic E-state index is 11.7. The molecule has 106 valence electrons. The first kappa shape index (κ1) is 17.3. The summed E-state index contributed by atoms with van der Waals surface area (Å²) < 4.78 is 11.2. The largest absolute Gasteiger partial charge is 0.460 e. The summed E-state index contributed by atoms with van der Waals surface area (Å²) in [5.74, 6) is -0.267. The Bertz CT molecular complexity index is 276. The first-order valence-electron chi connectivity index (χ1n) is 6.37. The fraction of sp³-hybridized carbons (Fsp3) is 0.846. The van der Waals surface area contributed by atoms with Gasteiger partial charge in [-0.05, 0) is 46.8 Å². The molecule has 0 aliphatic heterocycles. The van der Waals surface area contributed by atoms with E-state index in [-0.39, 0.29) is 18.5 Å². The van der Waals surface area contributed by atoms with Gasteiger partial charge >= 0.3 is 5.97 Å². The summed E-state index contributed by atoms with van der Waals surface area (Å²) in [4.78, 5) is 22.2. The van der Waals surface area contributed by atoms with E-state index in [1.54, 1.807) is 0 Å². The van der Waals surface area contributed by atoms with Crippen molar-refractivity contribution in [2.75, 3.05) is 0 Å². The Hall–Kier alpha value is -0.683. The molecular formula is C13H26O4Si. The Labute approximate surface area is 111 Å². The Morgan fingerprint density at radius 2 is 1.83 bits per heavy atom. The van der Waals surface area contributed by atoms with Crippen molar-refractivity contribution in [2.45, 2.75) is 71.4 Å². The second-order valence-corrected chi connectivity index (χ2v) is 10.8. The van der Waals surface area contributed by atoms with Crippen molar-refractivity contribution < 1.29 is 18.8 Å². The quantitative estimate of drug-likeness (QED) is 0.407. The Morgan fingerprint density at radius 1 is 1.28 bits per heavy atom. The van der Waals surface area contributed by atoms with Gasteiger partial charge in [0.15, 0.2) is 8.32 Å². The molecule has 4 nitrogen and oxygen atoms in total. The lowest BCUT2D eigenvalue weighted by Gasteiger charge is -2.27. The van der Waals surface area contributed by atoms with E-state index in [0.717, 1.165) is 6.29 Å². The molecule has 0 saturated carbocycles. The van der Waals surface area contributed by atoms with Gasteiger partial charge in [-0.2, -0.15) is 0 Å². The van der Waals surface area contributed by atoms with Gasteiger partial charge in [-0.15, -0.1) is 0 Å². The number of ether oxygens (including phenoxy) is 1. The highest BCUT2D eigenvalue weighted by Gasteiger charge is 2.25. The number of aldehydes is 1. The molecule has 0 fully saturated rings. The minimum atomic E-state index is -1.72. The smallest absolute Gasteiger partial charge is 0.308 e. The Kier molecular flexibility index (Phi) is 6.77. The van der Waals surface area contributed by atoms with Gasteiger partial charge in [-0.1, -0.05) is 0 Å². The summed E-state index contributed by atoms with van der Waals surface area (Å²) in [6.07, 6.45) is 1.85. The molecule has 0 aliphatic carbocycles. The normalized spacial score (nSPS) is 14.1. The van der Waals surface area contributed by atoms with E-state index < -0.39 is 13.9 Å². The zero-order valence-electron chi connectivity index (χ0n) is 12.4. The molecule has 0 unspecified atom stereocenters. The molecule has 0 aromatic rings. The zero-order valence-corrected chi connectivity index (χ0v) is 13.4. The first-order chi connectivity index (χ1) is 8.03. The molecule has 0 spiro atoms. The fourth-order valence-electron chi connectivity index (χ4n) is 1.53. The summed E-state index contributed by atoms with van der Waals surface area (Å²) in [6.45, 7) is 11.7. The summed E-state index contributed by atoms with van der Waals surface area (Å²) in [6, 6.07) is 0. The second kappa shape index (κ2) is 7.04. The van der Waals surface area contributed by atoms with Crippen LogP contribution in [-0.4, -0.2) is 32.3 Å². The zero-order chi connectivity index (χ0) is 14.4. The molecular weight excluding hydrogens is 248 g/mol. The van der Waals surface area contributed by atoms with Crippen LogP contribution in [-0.2, 0) is 18.8 Å². The van der Waals surface area contributed by atoms with Crippen LogP contribution in [0.25, 0.3) is 0 Å². The van der Waals surface area contributed by atoms with Crippen LogP contribution in [0.15, 0.2) is 0 Å². The van der Waals surface area contributed by atoms with Crippen molar-refractivity contribution in [3.8, 4) is 0 Å². The summed E-state index contributed by atoms with van der Waals surface area (Å²) in [5.41, 5.74) is -0.481. The number of rotatable bonds is 7. The standard InChI is InChI=1S/C13H26O4Si/c1-13(2,3)16-12(15)10-11(8-7-9-14)17-18(4,5)6/h9,11H,7-8,10H2,1-6H3/t11-/m0/s1. The topological polar surface area (TPSA) is 52.6 Å². The summed E-state index contributed by atoms with van der Waals surface area (Å²) in [5, 5.41) is 0. The third-order valence-corrected chi connectivity index (χ3v) is 2.98. The molecule has 5 heteroatoms. The lowest BCUT2D eigenvalue weighted by atomic mass is 10.1. The fourth-order valence-corrected chi connectivity index (χ4v) is 2.73. The van der Waals surface area contributed by atoms with E-state index in [2.05, 4.69) is 19.6 Å². The Balaban J connectivity index is 4.39. The molecule has 0 N–H and O–H groups in total. The minimum absolute atomic E-state index is 0.211. The van der Waals surface area contributed by atoms with E-state index in [1.165, 1.54) is 0 Å². The molecule has 0 aromatic carbocycles. The highest BCUT2D eigenvalue weighted by atomic mass is 28.4. The lowest BCUT2D eigenvalue weighted by molar-refractivity contribution is -0.156. The number of carbonyl (C=O) groups excluding carboxylic acids is 2. The molecule has 0 bridgehead atoms. The molecule has 0 aromatic heterocycles. The van der Waals surface area contributed by atoms with Crippen LogP contribution in [0.1, 0.15) is 40.0 Å². The van der Waals surface area contributed by atoms with Gasteiger partial charge in [0.1, 0.15) is 11.9 Å². The van der Waals surface area contributed by atoms with Gasteiger partial charge in [0.2, 0.25) is 0 Å². The monoisotopic (exact) mass is 274 g/mol. The predicted octanol–water partition coefficient (Wildman–Crippen LogP) is 2.92. The van der Waals surface area contributed by atoms with E-state index in [4.69, 9.17) is 9.16 Å². The maximum atomic E-state index is 11.7. The minimum Gasteiger partial charge on any atom is -0.460 e. The molecule has 0 aliphatic rings. The van der Waals surface area contributed by atoms with Gasteiger partial charge < -0.3 is 14.0 Å². The van der Waals surface area contributed by atoms with Gasteiger partial charge in [0.25, 0.3) is 0 Å². The number of hydrogen-bond donors (Lipinski definition) is 0. The third-order valence-electron chi connectivity index (χ3n) is 1.94. The lowest BCUT2D eigenvalue weighted by Crippen LogP contribution is -2.35. The summed E-state index contributed by atoms with van der Waals surface area (Å²) >= 11 is 0. The Morgan fingerprint density at radius 3 is 2.22 bits per heavy atom. The van der Waals surface area contributed by atoms with E-state index in [9.17, 15) is 9.59 Å². The molecule has 0 heterocycles. The average molecular weight is 274 g/mol. The average Bonchev–Trinajstić information content (AvgIpc) is 2.08. The van der Waals surface area contributed by atoms with Crippen molar-refractivity contribution in [1.29, 1.82) is 0 Å². The van der Waals surface area contributed by atoms with Crippen molar-refractivity contribution in [3.63, 3.8) is 0 Å². The molecule has 0 amide bonds. The van der Waals surface area contributed by atoms with Gasteiger partial charge in [-0.25, -0.2) is 0 Å². The summed E-state index contributed by atoms with van der Waals surface area (Å²) in [7, 11) is -1.72. The molecule has 0 radical (unpaired) electrons. The van der Waals surface area contributed by atoms with Crippen molar-refractivity contribution in [2.24, 2.45) is 0 Å². The van der Waals surface area contributed by atoms with Crippen LogP contribution in [0.2, 0.25) is 19.6 Å². The van der Waals surface area contributed by atoms with Crippen LogP contribution in [0.5, 0.6) is 0 Å². The molecule has 0 rings (SSSR count). The van der Waals surface area contributed by atoms with E-state index in [1.807, 2.05) is 20.8 Å². The van der Waals surface area contributed by atoms with Crippen LogP contribution >= 0.6 is 0 Å². The number of carbonyl (C=O) groups is 2. The third kappa shape index (κ3) is 10.5. The first-order valence-corrected chi connectivity index (χ1v) is 9.77. The molecule has 18 heavy (non-hydrogen) atoms. The van der Waals surface area contributed by atoms with Gasteiger partial charge in [0, 0.05) is 6.42 Å². The van der Waals surface area contributed by atoms with Crippen LogP contribution in [0.3, 0.4) is 0 Å². The van der Waals surface area contributed by atoms with E-state index in [0.29, 0.717) is 12.8 Å². The SMILES string of the molecule is CC(C)(C)OC(=O)C[C@H](CCC=O)O[Si](C)(C)C. The van der Waals surface area contributed by atoms with E-state index >= 15 is 0 Å². The van der Waals surface area contributed by atoms with Crippen molar-refractivity contribution in [1.82, 2.24) is 0 Å².